The van der Waals surface area contributed by atoms with Gasteiger partial charge in [-0.2, -0.15) is 0 Å². The number of nitrogens with zero attached hydrogens (tertiary/aromatic N) is 3. The van der Waals surface area contributed by atoms with Crippen molar-refractivity contribution in [2.24, 2.45) is 0 Å². The van der Waals surface area contributed by atoms with Crippen molar-refractivity contribution < 1.29 is 0 Å². The van der Waals surface area contributed by atoms with Gasteiger partial charge in [0.05, 0.1) is 10.9 Å². The lowest BCUT2D eigenvalue weighted by Gasteiger charge is -2.03. The highest BCUT2D eigenvalue weighted by molar-refractivity contribution is 7.98. The highest BCUT2D eigenvalue weighted by Gasteiger charge is 2.04. The Morgan fingerprint density at radius 2 is 2.33 bits per heavy atom. The van der Waals surface area contributed by atoms with Crippen molar-refractivity contribution in [1.29, 1.82) is 0 Å². The first-order valence-corrected chi connectivity index (χ1v) is 5.89. The highest BCUT2D eigenvalue weighted by atomic mass is 32.2. The fourth-order valence-electron chi connectivity index (χ4n) is 1.40. The van der Waals surface area contributed by atoms with E-state index in [1.54, 1.807) is 17.0 Å². The molecule has 2 heterocycles. The SMILES string of the molecule is CCn1ccc2nc(SC)ncc2c1=O. The van der Waals surface area contributed by atoms with Crippen LogP contribution in [-0.2, 0) is 6.54 Å². The van der Waals surface area contributed by atoms with Gasteiger partial charge in [0.1, 0.15) is 0 Å². The maximum absolute atomic E-state index is 11.8. The molecule has 0 unspecified atom stereocenters. The molecule has 0 saturated carbocycles. The smallest absolute Gasteiger partial charge is 0.261 e. The molecule has 0 aromatic carbocycles. The summed E-state index contributed by atoms with van der Waals surface area (Å²) in [5, 5.41) is 1.27. The second-order valence-corrected chi connectivity index (χ2v) is 3.84. The van der Waals surface area contributed by atoms with Crippen LogP contribution in [0.4, 0.5) is 0 Å². The number of hydrogen-bond acceptors (Lipinski definition) is 4. The first kappa shape index (κ1) is 10.2. The van der Waals surface area contributed by atoms with E-state index in [2.05, 4.69) is 9.97 Å². The lowest BCUT2D eigenvalue weighted by molar-refractivity contribution is 0.733. The molecule has 0 fully saturated rings. The summed E-state index contributed by atoms with van der Waals surface area (Å²) in [5.74, 6) is 0. The van der Waals surface area contributed by atoms with Crippen molar-refractivity contribution in [3.8, 4) is 0 Å². The number of rotatable bonds is 2. The van der Waals surface area contributed by atoms with E-state index in [1.807, 2.05) is 19.2 Å². The molecule has 0 atom stereocenters. The molecule has 4 nitrogen and oxygen atoms in total. The lowest BCUT2D eigenvalue weighted by Crippen LogP contribution is -2.18. The second kappa shape index (κ2) is 4.02. The van der Waals surface area contributed by atoms with E-state index in [-0.39, 0.29) is 5.56 Å². The number of aromatic nitrogens is 3. The molecule has 2 aromatic rings. The Hall–Kier alpha value is -1.36. The molecule has 0 aliphatic heterocycles. The zero-order valence-electron chi connectivity index (χ0n) is 8.60. The van der Waals surface area contributed by atoms with Gasteiger partial charge in [-0.3, -0.25) is 4.79 Å². The second-order valence-electron chi connectivity index (χ2n) is 3.06. The van der Waals surface area contributed by atoms with E-state index in [0.717, 1.165) is 0 Å². The van der Waals surface area contributed by atoms with Crippen molar-refractivity contribution in [2.75, 3.05) is 6.26 Å². The van der Waals surface area contributed by atoms with Crippen molar-refractivity contribution in [3.05, 3.63) is 28.8 Å². The molecule has 0 saturated heterocycles. The molecule has 0 spiro atoms. The Morgan fingerprint density at radius 1 is 1.53 bits per heavy atom. The van der Waals surface area contributed by atoms with Crippen LogP contribution in [0.1, 0.15) is 6.92 Å². The third-order valence-corrected chi connectivity index (χ3v) is 2.78. The van der Waals surface area contributed by atoms with Gasteiger partial charge in [-0.1, -0.05) is 11.8 Å². The van der Waals surface area contributed by atoms with Crippen LogP contribution in [0.5, 0.6) is 0 Å². The first-order chi connectivity index (χ1) is 7.26. The Labute approximate surface area is 91.4 Å². The van der Waals surface area contributed by atoms with E-state index < -0.39 is 0 Å². The normalized spacial score (nSPS) is 10.8. The Morgan fingerprint density at radius 3 is 3.00 bits per heavy atom. The van der Waals surface area contributed by atoms with Gasteiger partial charge in [0, 0.05) is 18.9 Å². The molecule has 0 N–H and O–H groups in total. The van der Waals surface area contributed by atoms with Crippen molar-refractivity contribution in [3.63, 3.8) is 0 Å². The molecule has 0 amide bonds. The minimum Gasteiger partial charge on any atom is -0.315 e. The largest absolute Gasteiger partial charge is 0.315 e. The zero-order valence-corrected chi connectivity index (χ0v) is 9.41. The topological polar surface area (TPSA) is 47.8 Å². The summed E-state index contributed by atoms with van der Waals surface area (Å²) in [4.78, 5) is 20.2. The van der Waals surface area contributed by atoms with Gasteiger partial charge in [-0.25, -0.2) is 9.97 Å². The van der Waals surface area contributed by atoms with Crippen LogP contribution in [0.3, 0.4) is 0 Å². The van der Waals surface area contributed by atoms with Gasteiger partial charge >= 0.3 is 0 Å². The average molecular weight is 221 g/mol. The maximum Gasteiger partial charge on any atom is 0.261 e. The van der Waals surface area contributed by atoms with Gasteiger partial charge in [-0.05, 0) is 19.2 Å². The molecule has 0 bridgehead atoms. The van der Waals surface area contributed by atoms with E-state index in [1.165, 1.54) is 11.8 Å². The molecular formula is C10H11N3OS. The van der Waals surface area contributed by atoms with Crippen LogP contribution in [0.15, 0.2) is 28.4 Å². The van der Waals surface area contributed by atoms with Crippen LogP contribution >= 0.6 is 11.8 Å². The standard InChI is InChI=1S/C10H11N3OS/c1-3-13-5-4-8-7(9(13)14)6-11-10(12-8)15-2/h4-6H,3H2,1-2H3. The summed E-state index contributed by atoms with van der Waals surface area (Å²) in [6.07, 6.45) is 5.28. The van der Waals surface area contributed by atoms with Crippen molar-refractivity contribution in [2.45, 2.75) is 18.6 Å². The molecule has 2 rings (SSSR count). The predicted octanol–water partition coefficient (Wildman–Crippen LogP) is 1.53. The van der Waals surface area contributed by atoms with Gasteiger partial charge in [0.15, 0.2) is 5.16 Å². The predicted molar refractivity (Wildman–Crippen MR) is 61.3 cm³/mol. The van der Waals surface area contributed by atoms with Crippen molar-refractivity contribution in [1.82, 2.24) is 14.5 Å². The molecule has 5 heteroatoms. The maximum atomic E-state index is 11.8. The van der Waals surface area contributed by atoms with Gasteiger partial charge in [0.2, 0.25) is 0 Å². The third-order valence-electron chi connectivity index (χ3n) is 2.22. The summed E-state index contributed by atoms with van der Waals surface area (Å²) in [6.45, 7) is 2.60. The summed E-state index contributed by atoms with van der Waals surface area (Å²) in [7, 11) is 0. The number of hydrogen-bond donors (Lipinski definition) is 0. The zero-order chi connectivity index (χ0) is 10.8. The summed E-state index contributed by atoms with van der Waals surface area (Å²) >= 11 is 1.47. The molecule has 0 radical (unpaired) electrons. The Kier molecular flexibility index (Phi) is 2.73. The monoisotopic (exact) mass is 221 g/mol. The molecule has 2 aromatic heterocycles. The van der Waals surface area contributed by atoms with Gasteiger partial charge < -0.3 is 4.57 Å². The average Bonchev–Trinajstić information content (AvgIpc) is 2.29. The Balaban J connectivity index is 2.74. The quantitative estimate of drug-likeness (QED) is 0.570. The minimum absolute atomic E-state index is 0.0253. The van der Waals surface area contributed by atoms with Gasteiger partial charge in [0.25, 0.3) is 5.56 Å². The van der Waals surface area contributed by atoms with Gasteiger partial charge in [-0.15, -0.1) is 0 Å². The minimum atomic E-state index is -0.0253. The molecule has 0 aliphatic rings. The van der Waals surface area contributed by atoms with E-state index in [4.69, 9.17) is 0 Å². The van der Waals surface area contributed by atoms with Crippen LogP contribution in [-0.4, -0.2) is 20.8 Å². The number of fused-ring (bicyclic) bond motifs is 1. The van der Waals surface area contributed by atoms with E-state index >= 15 is 0 Å². The molecule has 0 aliphatic carbocycles. The summed E-state index contributed by atoms with van der Waals surface area (Å²) < 4.78 is 1.64. The van der Waals surface area contributed by atoms with Crippen LogP contribution in [0.2, 0.25) is 0 Å². The highest BCUT2D eigenvalue weighted by Crippen LogP contribution is 2.11. The van der Waals surface area contributed by atoms with E-state index in [0.29, 0.717) is 22.6 Å². The van der Waals surface area contributed by atoms with Crippen molar-refractivity contribution >= 4 is 22.7 Å². The Bertz CT molecular complexity index is 550. The lowest BCUT2D eigenvalue weighted by atomic mass is 10.3. The summed E-state index contributed by atoms with van der Waals surface area (Å²) in [5.41, 5.74) is 0.687. The number of thioether (sulfide) groups is 1. The fourth-order valence-corrected chi connectivity index (χ4v) is 1.75. The first-order valence-electron chi connectivity index (χ1n) is 4.66. The number of aryl methyl sites for hydroxylation is 1. The number of pyridine rings is 1. The fraction of sp³-hybridized carbons (Fsp3) is 0.300. The third kappa shape index (κ3) is 1.74. The molecule has 15 heavy (non-hydrogen) atoms. The van der Waals surface area contributed by atoms with Crippen LogP contribution in [0, 0.1) is 0 Å². The van der Waals surface area contributed by atoms with Crippen LogP contribution < -0.4 is 5.56 Å². The van der Waals surface area contributed by atoms with Crippen LogP contribution in [0.25, 0.3) is 10.9 Å². The molecular weight excluding hydrogens is 210 g/mol. The molecule has 78 valence electrons. The summed E-state index contributed by atoms with van der Waals surface area (Å²) in [6, 6.07) is 1.85. The van der Waals surface area contributed by atoms with E-state index in [9.17, 15) is 4.79 Å².